The van der Waals surface area contributed by atoms with Crippen LogP contribution in [0.25, 0.3) is 11.2 Å². The summed E-state index contributed by atoms with van der Waals surface area (Å²) >= 11 is 0. The van der Waals surface area contributed by atoms with E-state index < -0.39 is 11.8 Å². The van der Waals surface area contributed by atoms with Gasteiger partial charge in [0.25, 0.3) is 5.56 Å². The zero-order chi connectivity index (χ0) is 24.3. The van der Waals surface area contributed by atoms with Crippen LogP contribution in [0, 0.1) is 0 Å². The first-order valence-corrected chi connectivity index (χ1v) is 11.0. The van der Waals surface area contributed by atoms with Crippen LogP contribution in [-0.4, -0.2) is 60.2 Å². The molecule has 1 atom stereocenters. The van der Waals surface area contributed by atoms with Crippen molar-refractivity contribution in [1.82, 2.24) is 24.0 Å². The van der Waals surface area contributed by atoms with Gasteiger partial charge in [-0.3, -0.25) is 13.9 Å². The molecule has 0 saturated heterocycles. The Kier molecular flexibility index (Phi) is 7.44. The molecule has 0 aliphatic heterocycles. The van der Waals surface area contributed by atoms with Crippen molar-refractivity contribution in [3.8, 4) is 11.5 Å². The lowest BCUT2D eigenvalue weighted by atomic mass is 10.1. The summed E-state index contributed by atoms with van der Waals surface area (Å²) in [5.41, 5.74) is 0.446. The fourth-order valence-corrected chi connectivity index (χ4v) is 3.86. The van der Waals surface area contributed by atoms with Crippen molar-refractivity contribution < 1.29 is 15.3 Å². The average Bonchev–Trinajstić information content (AvgIpc) is 3.18. The molecular weight excluding hydrogens is 428 g/mol. The van der Waals surface area contributed by atoms with E-state index in [1.165, 1.54) is 23.7 Å². The minimum Gasteiger partial charge on any atom is -0.504 e. The number of aliphatic hydroxyl groups is 1. The maximum absolute atomic E-state index is 12.9. The maximum atomic E-state index is 12.9. The molecule has 1 unspecified atom stereocenters. The van der Waals surface area contributed by atoms with Crippen LogP contribution in [0.4, 0.5) is 5.95 Å². The smallest absolute Gasteiger partial charge is 0.332 e. The lowest BCUT2D eigenvalue weighted by Gasteiger charge is -2.21. The normalized spacial score (nSPS) is 12.4. The first kappa shape index (κ1) is 24.3. The van der Waals surface area contributed by atoms with E-state index in [0.717, 1.165) is 4.57 Å². The lowest BCUT2D eigenvalue weighted by molar-refractivity contribution is 0.174. The van der Waals surface area contributed by atoms with Gasteiger partial charge >= 0.3 is 5.69 Å². The highest BCUT2D eigenvalue weighted by molar-refractivity contribution is 5.74. The summed E-state index contributed by atoms with van der Waals surface area (Å²) in [6.45, 7) is 6.75. The number of nitrogens with zero attached hydrogens (tertiary/aromatic N) is 5. The number of hydrogen-bond acceptors (Lipinski definition) is 8. The first-order chi connectivity index (χ1) is 15.7. The van der Waals surface area contributed by atoms with E-state index in [0.29, 0.717) is 55.3 Å². The number of aromatic hydroxyl groups is 2. The third-order valence-electron chi connectivity index (χ3n) is 5.83. The highest BCUT2D eigenvalue weighted by Gasteiger charge is 2.21. The second-order valence-corrected chi connectivity index (χ2v) is 7.94. The second kappa shape index (κ2) is 10.1. The highest BCUT2D eigenvalue weighted by atomic mass is 16.3. The fourth-order valence-electron chi connectivity index (χ4n) is 3.86. The Bertz CT molecular complexity index is 1240. The number of aryl methyl sites for hydroxylation is 2. The van der Waals surface area contributed by atoms with Crippen molar-refractivity contribution in [1.29, 1.82) is 0 Å². The van der Waals surface area contributed by atoms with Crippen molar-refractivity contribution in [3.05, 3.63) is 44.6 Å². The maximum Gasteiger partial charge on any atom is 0.332 e. The van der Waals surface area contributed by atoms with Gasteiger partial charge in [0, 0.05) is 40.3 Å². The number of benzene rings is 1. The molecule has 0 aliphatic rings. The third-order valence-corrected chi connectivity index (χ3v) is 5.83. The summed E-state index contributed by atoms with van der Waals surface area (Å²) < 4.78 is 4.34. The number of phenolic OH excluding ortho intramolecular Hbond substituents is 2. The van der Waals surface area contributed by atoms with Crippen LogP contribution in [-0.2, 0) is 20.6 Å². The van der Waals surface area contributed by atoms with Crippen LogP contribution in [0.15, 0.2) is 27.8 Å². The number of anilines is 1. The van der Waals surface area contributed by atoms with E-state index in [4.69, 9.17) is 0 Å². The number of aromatic nitrogens is 4. The molecule has 2 aromatic heterocycles. The molecule has 0 bridgehead atoms. The molecule has 0 amide bonds. The van der Waals surface area contributed by atoms with E-state index in [9.17, 15) is 24.9 Å². The molecule has 180 valence electrons. The Morgan fingerprint density at radius 2 is 1.79 bits per heavy atom. The SMILES string of the molecule is CCN(CC)c1nc2c(c(=O)n(C)c(=O)n2C)n1CCCNCC(O)c1ccc(O)c(O)c1. The molecule has 0 fully saturated rings. The number of hydrogen-bond donors (Lipinski definition) is 4. The minimum absolute atomic E-state index is 0.237. The lowest BCUT2D eigenvalue weighted by Crippen LogP contribution is -2.37. The Labute approximate surface area is 191 Å². The molecule has 0 spiro atoms. The van der Waals surface area contributed by atoms with Crippen molar-refractivity contribution in [2.45, 2.75) is 32.9 Å². The molecule has 0 aliphatic carbocycles. The van der Waals surface area contributed by atoms with Crippen molar-refractivity contribution in [2.24, 2.45) is 14.1 Å². The number of rotatable bonds is 10. The molecule has 3 aromatic rings. The van der Waals surface area contributed by atoms with Crippen LogP contribution in [0.2, 0.25) is 0 Å². The largest absolute Gasteiger partial charge is 0.504 e. The number of aliphatic hydroxyl groups excluding tert-OH is 1. The minimum atomic E-state index is -0.848. The van der Waals surface area contributed by atoms with Gasteiger partial charge in [-0.05, 0) is 44.5 Å². The molecule has 0 radical (unpaired) electrons. The number of fused-ring (bicyclic) bond motifs is 1. The van der Waals surface area contributed by atoms with Crippen molar-refractivity contribution in [2.75, 3.05) is 31.1 Å². The summed E-state index contributed by atoms with van der Waals surface area (Å²) in [6.07, 6.45) is -0.196. The van der Waals surface area contributed by atoms with Crippen LogP contribution in [0.3, 0.4) is 0 Å². The predicted molar refractivity (Wildman–Crippen MR) is 126 cm³/mol. The topological polar surface area (TPSA) is 138 Å². The van der Waals surface area contributed by atoms with Gasteiger partial charge in [-0.15, -0.1) is 0 Å². The predicted octanol–water partition coefficient (Wildman–Crippen LogP) is 0.404. The molecule has 11 heteroatoms. The van der Waals surface area contributed by atoms with E-state index in [2.05, 4.69) is 10.3 Å². The summed E-state index contributed by atoms with van der Waals surface area (Å²) in [5, 5.41) is 32.5. The molecule has 2 heterocycles. The van der Waals surface area contributed by atoms with Crippen LogP contribution >= 0.6 is 0 Å². The molecule has 1 aromatic carbocycles. The molecule has 3 rings (SSSR count). The van der Waals surface area contributed by atoms with Gasteiger partial charge in [0.05, 0.1) is 6.10 Å². The first-order valence-electron chi connectivity index (χ1n) is 11.0. The van der Waals surface area contributed by atoms with Gasteiger partial charge in [-0.25, -0.2) is 4.79 Å². The summed E-state index contributed by atoms with van der Waals surface area (Å²) in [7, 11) is 3.07. The summed E-state index contributed by atoms with van der Waals surface area (Å²) in [6, 6.07) is 4.21. The summed E-state index contributed by atoms with van der Waals surface area (Å²) in [5.74, 6) is 0.130. The number of phenols is 2. The molecular formula is C22H32N6O5. The number of imidazole rings is 1. The van der Waals surface area contributed by atoms with Crippen molar-refractivity contribution in [3.63, 3.8) is 0 Å². The van der Waals surface area contributed by atoms with E-state index >= 15 is 0 Å². The zero-order valence-corrected chi connectivity index (χ0v) is 19.4. The second-order valence-electron chi connectivity index (χ2n) is 7.94. The molecule has 4 N–H and O–H groups in total. The molecule has 0 saturated carbocycles. The standard InChI is InChI=1S/C22H32N6O5/c1-5-27(6-2)21-24-19-18(20(32)26(4)22(33)25(19)3)28(21)11-7-10-23-13-17(31)14-8-9-15(29)16(30)12-14/h8-9,12,17,23,29-31H,5-7,10-11,13H2,1-4H3. The third kappa shape index (κ3) is 4.74. The monoisotopic (exact) mass is 460 g/mol. The van der Waals surface area contributed by atoms with Gasteiger partial charge in [-0.2, -0.15) is 4.98 Å². The number of nitrogens with one attached hydrogen (secondary N) is 1. The van der Waals surface area contributed by atoms with E-state index in [1.807, 2.05) is 23.3 Å². The molecule has 33 heavy (non-hydrogen) atoms. The zero-order valence-electron chi connectivity index (χ0n) is 19.4. The van der Waals surface area contributed by atoms with Crippen LogP contribution in [0.1, 0.15) is 31.9 Å². The van der Waals surface area contributed by atoms with E-state index in [1.54, 1.807) is 13.1 Å². The quantitative estimate of drug-likeness (QED) is 0.252. The Hall–Kier alpha value is -3.31. The molecule has 11 nitrogen and oxygen atoms in total. The van der Waals surface area contributed by atoms with E-state index in [-0.39, 0.29) is 23.6 Å². The van der Waals surface area contributed by atoms with Crippen LogP contribution < -0.4 is 21.5 Å². The fraction of sp³-hybridized carbons (Fsp3) is 0.500. The summed E-state index contributed by atoms with van der Waals surface area (Å²) in [4.78, 5) is 31.9. The Morgan fingerprint density at radius 1 is 1.09 bits per heavy atom. The van der Waals surface area contributed by atoms with Gasteiger partial charge in [0.2, 0.25) is 5.95 Å². The average molecular weight is 461 g/mol. The van der Waals surface area contributed by atoms with Gasteiger partial charge < -0.3 is 30.1 Å². The van der Waals surface area contributed by atoms with Crippen molar-refractivity contribution >= 4 is 17.1 Å². The Balaban J connectivity index is 1.76. The Morgan fingerprint density at radius 3 is 2.42 bits per heavy atom. The van der Waals surface area contributed by atoms with Crippen LogP contribution in [0.5, 0.6) is 11.5 Å². The van der Waals surface area contributed by atoms with Gasteiger partial charge in [0.1, 0.15) is 0 Å². The highest BCUT2D eigenvalue weighted by Crippen LogP contribution is 2.27. The van der Waals surface area contributed by atoms with Gasteiger partial charge in [-0.1, -0.05) is 6.07 Å². The van der Waals surface area contributed by atoms with Gasteiger partial charge in [0.15, 0.2) is 22.7 Å².